The van der Waals surface area contributed by atoms with Crippen LogP contribution in [-0.2, 0) is 6.54 Å². The van der Waals surface area contributed by atoms with Gasteiger partial charge in [-0.25, -0.2) is 9.67 Å². The quantitative estimate of drug-likeness (QED) is 0.868. The van der Waals surface area contributed by atoms with Crippen LogP contribution in [0.25, 0.3) is 0 Å². The van der Waals surface area contributed by atoms with Crippen molar-refractivity contribution in [2.24, 2.45) is 0 Å². The van der Waals surface area contributed by atoms with Gasteiger partial charge in [-0.15, -0.1) is 5.10 Å². The van der Waals surface area contributed by atoms with E-state index in [-0.39, 0.29) is 5.82 Å². The maximum atomic E-state index is 8.64. The summed E-state index contributed by atoms with van der Waals surface area (Å²) in [6.07, 6.45) is 1.53. The first-order chi connectivity index (χ1) is 8.22. The van der Waals surface area contributed by atoms with E-state index in [2.05, 4.69) is 26.0 Å². The number of hydrogen-bond donors (Lipinski definition) is 0. The maximum Gasteiger partial charge on any atom is 0.252 e. The molecule has 2 rings (SSSR count). The molecule has 17 heavy (non-hydrogen) atoms. The molecular formula is C11H9BrN4O. The van der Waals surface area contributed by atoms with Gasteiger partial charge in [0.05, 0.1) is 13.7 Å². The zero-order chi connectivity index (χ0) is 12.3. The molecule has 0 spiro atoms. The number of nitrogens with zero attached hydrogens (tertiary/aromatic N) is 4. The minimum atomic E-state index is 0.170. The van der Waals surface area contributed by atoms with Crippen LogP contribution >= 0.6 is 15.9 Å². The van der Waals surface area contributed by atoms with E-state index in [9.17, 15) is 0 Å². The van der Waals surface area contributed by atoms with Gasteiger partial charge < -0.3 is 4.74 Å². The summed E-state index contributed by atoms with van der Waals surface area (Å²) in [5, 5.41) is 12.6. The smallest absolute Gasteiger partial charge is 0.252 e. The Kier molecular flexibility index (Phi) is 3.40. The normalized spacial score (nSPS) is 9.94. The lowest BCUT2D eigenvalue weighted by molar-refractivity contribution is 0.414. The molecule has 0 N–H and O–H groups in total. The molecular weight excluding hydrogens is 284 g/mol. The molecule has 0 aliphatic carbocycles. The Morgan fingerprint density at radius 2 is 2.35 bits per heavy atom. The predicted octanol–water partition coefficient (Wildman–Crippen LogP) is 1.97. The molecule has 0 unspecified atom stereocenters. The first-order valence-corrected chi connectivity index (χ1v) is 5.64. The number of aromatic nitrogens is 3. The van der Waals surface area contributed by atoms with E-state index in [4.69, 9.17) is 10.00 Å². The first-order valence-electron chi connectivity index (χ1n) is 4.85. The average Bonchev–Trinajstić information content (AvgIpc) is 2.80. The Labute approximate surface area is 107 Å². The molecule has 0 fully saturated rings. The van der Waals surface area contributed by atoms with Gasteiger partial charge in [0, 0.05) is 4.47 Å². The molecule has 0 saturated heterocycles. The monoisotopic (exact) mass is 292 g/mol. The van der Waals surface area contributed by atoms with Crippen molar-refractivity contribution in [1.29, 1.82) is 5.26 Å². The fraction of sp³-hybridized carbons (Fsp3) is 0.182. The van der Waals surface area contributed by atoms with E-state index in [1.165, 1.54) is 6.33 Å². The molecule has 86 valence electrons. The van der Waals surface area contributed by atoms with Crippen molar-refractivity contribution in [3.63, 3.8) is 0 Å². The van der Waals surface area contributed by atoms with Crippen molar-refractivity contribution < 1.29 is 4.74 Å². The Hall–Kier alpha value is -1.87. The molecule has 0 atom stereocenters. The van der Waals surface area contributed by atoms with Crippen LogP contribution in [0.15, 0.2) is 29.0 Å². The van der Waals surface area contributed by atoms with Crippen molar-refractivity contribution in [3.8, 4) is 11.8 Å². The summed E-state index contributed by atoms with van der Waals surface area (Å²) >= 11 is 3.46. The van der Waals surface area contributed by atoms with Crippen LogP contribution in [0.1, 0.15) is 11.4 Å². The van der Waals surface area contributed by atoms with Gasteiger partial charge in [-0.05, 0) is 23.8 Å². The van der Waals surface area contributed by atoms with Gasteiger partial charge in [-0.1, -0.05) is 15.9 Å². The minimum Gasteiger partial charge on any atom is -0.497 e. The predicted molar refractivity (Wildman–Crippen MR) is 64.5 cm³/mol. The molecule has 2 aromatic rings. The molecule has 6 heteroatoms. The van der Waals surface area contributed by atoms with Crippen LogP contribution in [0, 0.1) is 11.3 Å². The van der Waals surface area contributed by atoms with Crippen LogP contribution in [0.5, 0.6) is 5.75 Å². The minimum absolute atomic E-state index is 0.170. The van der Waals surface area contributed by atoms with Crippen LogP contribution in [0.4, 0.5) is 0 Å². The second-order valence-corrected chi connectivity index (χ2v) is 4.19. The summed E-state index contributed by atoms with van der Waals surface area (Å²) in [6, 6.07) is 7.59. The van der Waals surface area contributed by atoms with Gasteiger partial charge in [0.2, 0.25) is 0 Å². The fourth-order valence-corrected chi connectivity index (χ4v) is 1.77. The lowest BCUT2D eigenvalue weighted by atomic mass is 10.2. The number of rotatable bonds is 3. The van der Waals surface area contributed by atoms with Gasteiger partial charge >= 0.3 is 0 Å². The van der Waals surface area contributed by atoms with Crippen LogP contribution in [0.3, 0.4) is 0 Å². The number of benzene rings is 1. The topological polar surface area (TPSA) is 63.7 Å². The highest BCUT2D eigenvalue weighted by Crippen LogP contribution is 2.22. The van der Waals surface area contributed by atoms with Crippen molar-refractivity contribution >= 4 is 15.9 Å². The highest BCUT2D eigenvalue weighted by atomic mass is 79.9. The summed E-state index contributed by atoms with van der Waals surface area (Å²) in [4.78, 5) is 3.85. The molecule has 0 aliphatic heterocycles. The summed E-state index contributed by atoms with van der Waals surface area (Å²) in [5.74, 6) is 0.952. The van der Waals surface area contributed by atoms with Crippen LogP contribution in [-0.4, -0.2) is 21.9 Å². The van der Waals surface area contributed by atoms with Crippen LogP contribution < -0.4 is 4.74 Å². The summed E-state index contributed by atoms with van der Waals surface area (Å²) < 4.78 is 7.73. The van der Waals surface area contributed by atoms with E-state index >= 15 is 0 Å². The number of ether oxygens (including phenoxy) is 1. The molecule has 0 bridgehead atoms. The molecule has 0 aliphatic rings. The third-order valence-corrected chi connectivity index (χ3v) is 3.00. The van der Waals surface area contributed by atoms with Crippen molar-refractivity contribution in [2.75, 3.05) is 7.11 Å². The molecule has 1 heterocycles. The number of hydrogen-bond acceptors (Lipinski definition) is 4. The van der Waals surface area contributed by atoms with Crippen molar-refractivity contribution in [1.82, 2.24) is 14.8 Å². The van der Waals surface area contributed by atoms with Gasteiger partial charge in [-0.3, -0.25) is 0 Å². The molecule has 0 radical (unpaired) electrons. The lowest BCUT2D eigenvalue weighted by Crippen LogP contribution is -2.01. The number of methoxy groups -OCH3 is 1. The summed E-state index contributed by atoms with van der Waals surface area (Å²) in [6.45, 7) is 0.534. The maximum absolute atomic E-state index is 8.64. The third kappa shape index (κ3) is 2.63. The lowest BCUT2D eigenvalue weighted by Gasteiger charge is -2.06. The van der Waals surface area contributed by atoms with Crippen LogP contribution in [0.2, 0.25) is 0 Å². The Balaban J connectivity index is 2.26. The van der Waals surface area contributed by atoms with Crippen molar-refractivity contribution in [3.05, 3.63) is 40.4 Å². The zero-order valence-electron chi connectivity index (χ0n) is 9.09. The van der Waals surface area contributed by atoms with E-state index in [0.29, 0.717) is 6.54 Å². The highest BCUT2D eigenvalue weighted by molar-refractivity contribution is 9.10. The van der Waals surface area contributed by atoms with E-state index < -0.39 is 0 Å². The fourth-order valence-electron chi connectivity index (χ4n) is 1.40. The molecule has 0 saturated carbocycles. The van der Waals surface area contributed by atoms with Crippen molar-refractivity contribution in [2.45, 2.75) is 6.54 Å². The van der Waals surface area contributed by atoms with E-state index in [1.54, 1.807) is 11.8 Å². The number of nitriles is 1. The standard InChI is InChI=1S/C11H9BrN4O/c1-17-9-2-3-10(12)8(4-9)6-16-7-14-11(5-13)15-16/h2-4,7H,6H2,1H3. The average molecular weight is 293 g/mol. The summed E-state index contributed by atoms with van der Waals surface area (Å²) in [5.41, 5.74) is 1.01. The molecule has 1 aromatic carbocycles. The highest BCUT2D eigenvalue weighted by Gasteiger charge is 2.05. The van der Waals surface area contributed by atoms with Gasteiger partial charge in [0.25, 0.3) is 5.82 Å². The molecule has 0 amide bonds. The Bertz CT molecular complexity index is 573. The number of halogens is 1. The first kappa shape index (κ1) is 11.6. The van der Waals surface area contributed by atoms with E-state index in [0.717, 1.165) is 15.8 Å². The zero-order valence-corrected chi connectivity index (χ0v) is 10.7. The van der Waals surface area contributed by atoms with Gasteiger partial charge in [0.1, 0.15) is 18.1 Å². The Morgan fingerprint density at radius 3 is 3.00 bits per heavy atom. The van der Waals surface area contributed by atoms with Gasteiger partial charge in [0.15, 0.2) is 0 Å². The molecule has 1 aromatic heterocycles. The molecule has 5 nitrogen and oxygen atoms in total. The van der Waals surface area contributed by atoms with E-state index in [1.807, 2.05) is 24.3 Å². The third-order valence-electron chi connectivity index (χ3n) is 2.22. The second kappa shape index (κ2) is 4.97. The second-order valence-electron chi connectivity index (χ2n) is 3.33. The SMILES string of the molecule is COc1ccc(Br)c(Cn2cnc(C#N)n2)c1. The summed E-state index contributed by atoms with van der Waals surface area (Å²) in [7, 11) is 1.62. The van der Waals surface area contributed by atoms with Gasteiger partial charge in [-0.2, -0.15) is 5.26 Å². The largest absolute Gasteiger partial charge is 0.497 e. The Morgan fingerprint density at radius 1 is 1.53 bits per heavy atom.